The first-order valence-electron chi connectivity index (χ1n) is 13.4. The molecule has 2 heterocycles. The Labute approximate surface area is 240 Å². The van der Waals surface area contributed by atoms with Crippen LogP contribution in [0, 0.1) is 5.82 Å². The van der Waals surface area contributed by atoms with Crippen molar-refractivity contribution >= 4 is 30.2 Å². The fraction of sp³-hybridized carbons (Fsp3) is 0.556. The molecule has 1 aliphatic heterocycles. The summed E-state index contributed by atoms with van der Waals surface area (Å²) in [6.07, 6.45) is 5.42. The number of benzene rings is 1. The number of carbonyl (C=O) groups excluding carboxylic acids is 2. The van der Waals surface area contributed by atoms with Crippen LogP contribution >= 0.6 is 12.4 Å². The molecule has 1 aromatic heterocycles. The highest BCUT2D eigenvalue weighted by atomic mass is 35.5. The molecular formula is C27H40ClFN8O3. The lowest BCUT2D eigenvalue weighted by molar-refractivity contribution is -0.137. The molecule has 2 aliphatic rings. The van der Waals surface area contributed by atoms with Crippen LogP contribution in [-0.2, 0) is 11.3 Å². The summed E-state index contributed by atoms with van der Waals surface area (Å²) < 4.78 is 16.2. The van der Waals surface area contributed by atoms with Gasteiger partial charge in [0.2, 0.25) is 5.91 Å². The van der Waals surface area contributed by atoms with Crippen LogP contribution in [0.15, 0.2) is 35.3 Å². The number of amides is 3. The smallest absolute Gasteiger partial charge is 0.338 e. The average Bonchev–Trinajstić information content (AvgIpc) is 2.89. The monoisotopic (exact) mass is 578 g/mol. The van der Waals surface area contributed by atoms with E-state index >= 15 is 0 Å². The van der Waals surface area contributed by atoms with Crippen molar-refractivity contribution < 1.29 is 14.0 Å². The first-order chi connectivity index (χ1) is 18.4. The van der Waals surface area contributed by atoms with E-state index in [1.54, 1.807) is 35.8 Å². The maximum absolute atomic E-state index is 15.0. The lowest BCUT2D eigenvalue weighted by Gasteiger charge is -2.37. The van der Waals surface area contributed by atoms with Crippen LogP contribution in [0.25, 0.3) is 5.69 Å². The normalized spacial score (nSPS) is 19.8. The highest BCUT2D eigenvalue weighted by molar-refractivity contribution is 5.89. The zero-order valence-corrected chi connectivity index (χ0v) is 24.1. The Kier molecular flexibility index (Phi) is 10.3. The molecule has 4 rings (SSSR count). The standard InChI is InChI=1S/C27H39FN8O3.ClH/c1-27(2,30)24(37)34-12-14-35(15-13-34)25(38)31-23-10-11-36(26(39)32-23)21-7-4-18(22(28)16-21)17-33(3)20-8-5-19(29)6-9-20;/h4,7,10-11,16,19-20H,5-6,8-9,12-15,17,29-30H2,1-3H3,(H,31,32,38,39);1H/t19-,20-;. The molecule has 0 atom stereocenters. The van der Waals surface area contributed by atoms with Gasteiger partial charge in [-0.1, -0.05) is 6.07 Å². The Morgan fingerprint density at radius 1 is 1.10 bits per heavy atom. The lowest BCUT2D eigenvalue weighted by Crippen LogP contribution is -2.58. The second kappa shape index (κ2) is 13.1. The third-order valence-electron chi connectivity index (χ3n) is 7.54. The average molecular weight is 579 g/mol. The van der Waals surface area contributed by atoms with Crippen molar-refractivity contribution in [2.75, 3.05) is 38.5 Å². The van der Waals surface area contributed by atoms with Crippen molar-refractivity contribution in [2.24, 2.45) is 11.5 Å². The first kappa shape index (κ1) is 31.5. The molecule has 2 fully saturated rings. The summed E-state index contributed by atoms with van der Waals surface area (Å²) in [6, 6.07) is 6.41. The third kappa shape index (κ3) is 7.57. The number of anilines is 1. The summed E-state index contributed by atoms with van der Waals surface area (Å²) >= 11 is 0. The maximum Gasteiger partial charge on any atom is 0.354 e. The van der Waals surface area contributed by atoms with Gasteiger partial charge in [0.05, 0.1) is 11.2 Å². The van der Waals surface area contributed by atoms with Gasteiger partial charge in [0, 0.05) is 56.6 Å². The van der Waals surface area contributed by atoms with Gasteiger partial charge in [0.15, 0.2) is 0 Å². The van der Waals surface area contributed by atoms with Crippen LogP contribution in [0.1, 0.15) is 45.1 Å². The number of hydrogen-bond donors (Lipinski definition) is 3. The Balaban J connectivity index is 0.00000441. The topological polar surface area (TPSA) is 143 Å². The molecule has 1 aromatic carbocycles. The zero-order valence-electron chi connectivity index (χ0n) is 23.3. The largest absolute Gasteiger partial charge is 0.354 e. The summed E-state index contributed by atoms with van der Waals surface area (Å²) in [5, 5.41) is 2.63. The molecule has 0 spiro atoms. The van der Waals surface area contributed by atoms with Crippen molar-refractivity contribution in [1.29, 1.82) is 0 Å². The predicted octanol–water partition coefficient (Wildman–Crippen LogP) is 1.91. The quantitative estimate of drug-likeness (QED) is 0.475. The van der Waals surface area contributed by atoms with Crippen LogP contribution in [0.2, 0.25) is 0 Å². The van der Waals surface area contributed by atoms with Crippen molar-refractivity contribution in [1.82, 2.24) is 24.3 Å². The summed E-state index contributed by atoms with van der Waals surface area (Å²) in [5.74, 6) is -0.473. The van der Waals surface area contributed by atoms with E-state index in [1.807, 2.05) is 7.05 Å². The van der Waals surface area contributed by atoms with E-state index in [0.717, 1.165) is 25.7 Å². The molecular weight excluding hydrogens is 539 g/mol. The van der Waals surface area contributed by atoms with Crippen LogP contribution in [-0.4, -0.2) is 87.0 Å². The van der Waals surface area contributed by atoms with Gasteiger partial charge in [0.25, 0.3) is 0 Å². The van der Waals surface area contributed by atoms with Crippen molar-refractivity contribution in [3.05, 3.63) is 52.3 Å². The molecule has 0 unspecified atom stereocenters. The van der Waals surface area contributed by atoms with E-state index in [-0.39, 0.29) is 30.2 Å². The van der Waals surface area contributed by atoms with Gasteiger partial charge in [-0.15, -0.1) is 12.4 Å². The van der Waals surface area contributed by atoms with Crippen molar-refractivity contribution in [3.63, 3.8) is 0 Å². The number of piperazine rings is 1. The second-order valence-corrected chi connectivity index (χ2v) is 11.2. The molecule has 1 saturated carbocycles. The Bertz CT molecular complexity index is 1250. The summed E-state index contributed by atoms with van der Waals surface area (Å²) in [5.41, 5.74) is 11.2. The number of aromatic nitrogens is 2. The molecule has 5 N–H and O–H groups in total. The number of carbonyl (C=O) groups is 2. The molecule has 1 aliphatic carbocycles. The lowest BCUT2D eigenvalue weighted by atomic mass is 9.91. The van der Waals surface area contributed by atoms with Crippen molar-refractivity contribution in [3.8, 4) is 5.69 Å². The molecule has 0 bridgehead atoms. The van der Waals surface area contributed by atoms with Crippen molar-refractivity contribution in [2.45, 2.75) is 63.7 Å². The number of nitrogens with zero attached hydrogens (tertiary/aromatic N) is 5. The van der Waals surface area contributed by atoms with Gasteiger partial charge in [-0.25, -0.2) is 14.0 Å². The van der Waals surface area contributed by atoms with Crippen LogP contribution in [0.3, 0.4) is 0 Å². The number of urea groups is 1. The molecule has 11 nitrogen and oxygen atoms in total. The van der Waals surface area contributed by atoms with Crippen LogP contribution in [0.4, 0.5) is 15.0 Å². The molecule has 13 heteroatoms. The molecule has 3 amide bonds. The summed E-state index contributed by atoms with van der Waals surface area (Å²) in [6.45, 7) is 5.18. The van der Waals surface area contributed by atoms with Gasteiger partial charge >= 0.3 is 11.7 Å². The summed E-state index contributed by atoms with van der Waals surface area (Å²) in [4.78, 5) is 47.0. The highest BCUT2D eigenvalue weighted by Crippen LogP contribution is 2.24. The van der Waals surface area contributed by atoms with Gasteiger partial charge in [-0.2, -0.15) is 4.98 Å². The van der Waals surface area contributed by atoms with E-state index in [4.69, 9.17) is 11.5 Å². The number of nitrogens with two attached hydrogens (primary N) is 2. The van der Waals surface area contributed by atoms with Gasteiger partial charge in [-0.3, -0.25) is 19.6 Å². The molecule has 40 heavy (non-hydrogen) atoms. The number of halogens is 2. The van der Waals surface area contributed by atoms with Gasteiger partial charge < -0.3 is 21.3 Å². The molecule has 220 valence electrons. The minimum atomic E-state index is -0.970. The van der Waals surface area contributed by atoms with E-state index in [2.05, 4.69) is 15.2 Å². The third-order valence-corrected chi connectivity index (χ3v) is 7.54. The highest BCUT2D eigenvalue weighted by Gasteiger charge is 2.31. The molecule has 2 aromatic rings. The molecule has 1 saturated heterocycles. The maximum atomic E-state index is 15.0. The van der Waals surface area contributed by atoms with Gasteiger partial charge in [-0.05, 0) is 64.8 Å². The number of hydrogen-bond acceptors (Lipinski definition) is 7. The Hall–Kier alpha value is -3.06. The van der Waals surface area contributed by atoms with Crippen LogP contribution in [0.5, 0.6) is 0 Å². The number of rotatable bonds is 6. The van der Waals surface area contributed by atoms with E-state index in [0.29, 0.717) is 50.0 Å². The number of nitrogens with one attached hydrogen (secondary N) is 1. The minimum absolute atomic E-state index is 0. The zero-order chi connectivity index (χ0) is 28.3. The predicted molar refractivity (Wildman–Crippen MR) is 154 cm³/mol. The van der Waals surface area contributed by atoms with E-state index in [1.165, 1.54) is 22.9 Å². The Morgan fingerprint density at radius 3 is 2.30 bits per heavy atom. The second-order valence-electron chi connectivity index (χ2n) is 11.2. The molecule has 0 radical (unpaired) electrons. The Morgan fingerprint density at radius 2 is 1.73 bits per heavy atom. The summed E-state index contributed by atoms with van der Waals surface area (Å²) in [7, 11) is 2.00. The van der Waals surface area contributed by atoms with Crippen LogP contribution < -0.4 is 22.5 Å². The van der Waals surface area contributed by atoms with Gasteiger partial charge in [0.1, 0.15) is 11.6 Å². The SMILES string of the molecule is CN(Cc1ccc(-n2ccc(NC(=O)N3CCN(C(=O)C(C)(C)N)CC3)nc2=O)cc1F)[C@H]1CC[C@H](N)CC1.Cl. The minimum Gasteiger partial charge on any atom is -0.338 e. The fourth-order valence-corrected chi connectivity index (χ4v) is 5.13. The first-order valence-corrected chi connectivity index (χ1v) is 13.4. The fourth-order valence-electron chi connectivity index (χ4n) is 5.13. The van der Waals surface area contributed by atoms with E-state index in [9.17, 15) is 18.8 Å². The van der Waals surface area contributed by atoms with E-state index < -0.39 is 23.1 Å².